The number of piperidine rings is 1. The highest BCUT2D eigenvalue weighted by molar-refractivity contribution is 7.89. The molecular weight excluding hydrogens is 341 g/mol. The zero-order valence-corrected chi connectivity index (χ0v) is 14.6. The highest BCUT2D eigenvalue weighted by Gasteiger charge is 2.29. The SMILES string of the molecule is CNCCC1CCN(S(=O)(=O)c2ccc(F)c(C#N)c2)CC1.Cl. The number of nitrogens with zero attached hydrogens (tertiary/aromatic N) is 2. The Morgan fingerprint density at radius 1 is 1.39 bits per heavy atom. The van der Waals surface area contributed by atoms with Crippen LogP contribution in [0.2, 0.25) is 0 Å². The third-order valence-electron chi connectivity index (χ3n) is 4.07. The van der Waals surface area contributed by atoms with Crippen molar-refractivity contribution in [2.24, 2.45) is 5.92 Å². The van der Waals surface area contributed by atoms with Crippen LogP contribution >= 0.6 is 12.4 Å². The lowest BCUT2D eigenvalue weighted by atomic mass is 9.95. The highest BCUT2D eigenvalue weighted by atomic mass is 35.5. The average molecular weight is 362 g/mol. The van der Waals surface area contributed by atoms with Crippen molar-refractivity contribution in [3.05, 3.63) is 29.6 Å². The summed E-state index contributed by atoms with van der Waals surface area (Å²) in [7, 11) is -1.75. The fourth-order valence-corrected chi connectivity index (χ4v) is 4.18. The Labute approximate surface area is 142 Å². The van der Waals surface area contributed by atoms with E-state index in [0.717, 1.165) is 37.9 Å². The Kier molecular flexibility index (Phi) is 7.42. The van der Waals surface area contributed by atoms with Crippen LogP contribution in [0.1, 0.15) is 24.8 Å². The minimum Gasteiger partial charge on any atom is -0.320 e. The van der Waals surface area contributed by atoms with Crippen LogP contribution in [0.5, 0.6) is 0 Å². The Balaban J connectivity index is 0.00000264. The van der Waals surface area contributed by atoms with Crippen molar-refractivity contribution >= 4 is 22.4 Å². The first kappa shape index (κ1) is 19.8. The number of nitriles is 1. The van der Waals surface area contributed by atoms with E-state index in [1.165, 1.54) is 10.4 Å². The number of sulfonamides is 1. The van der Waals surface area contributed by atoms with Gasteiger partial charge in [0.05, 0.1) is 10.5 Å². The zero-order chi connectivity index (χ0) is 16.2. The van der Waals surface area contributed by atoms with Gasteiger partial charge in [0, 0.05) is 13.1 Å². The summed E-state index contributed by atoms with van der Waals surface area (Å²) in [5.41, 5.74) is -0.245. The van der Waals surface area contributed by atoms with E-state index in [0.29, 0.717) is 19.0 Å². The Morgan fingerprint density at radius 2 is 2.04 bits per heavy atom. The van der Waals surface area contributed by atoms with Gasteiger partial charge >= 0.3 is 0 Å². The molecule has 1 N–H and O–H groups in total. The molecule has 0 atom stereocenters. The molecule has 0 bridgehead atoms. The van der Waals surface area contributed by atoms with Gasteiger partial charge in [0.15, 0.2) is 0 Å². The van der Waals surface area contributed by atoms with Crippen LogP contribution in [0.25, 0.3) is 0 Å². The number of benzene rings is 1. The average Bonchev–Trinajstić information content (AvgIpc) is 2.53. The molecule has 1 heterocycles. The van der Waals surface area contributed by atoms with Gasteiger partial charge in [-0.15, -0.1) is 12.4 Å². The lowest BCUT2D eigenvalue weighted by molar-refractivity contribution is 0.263. The quantitative estimate of drug-likeness (QED) is 0.871. The highest BCUT2D eigenvalue weighted by Crippen LogP contribution is 2.26. The molecule has 0 amide bonds. The summed E-state index contributed by atoms with van der Waals surface area (Å²) >= 11 is 0. The molecule has 1 saturated heterocycles. The molecule has 0 radical (unpaired) electrons. The Bertz CT molecular complexity index is 668. The van der Waals surface area contributed by atoms with E-state index in [1.54, 1.807) is 6.07 Å². The third kappa shape index (κ3) is 4.64. The maximum Gasteiger partial charge on any atom is 0.243 e. The topological polar surface area (TPSA) is 73.2 Å². The van der Waals surface area contributed by atoms with Crippen LogP contribution in [-0.4, -0.2) is 39.4 Å². The second kappa shape index (κ2) is 8.60. The van der Waals surface area contributed by atoms with E-state index in [1.807, 2.05) is 7.05 Å². The number of halogens is 2. The molecule has 1 aromatic carbocycles. The molecule has 128 valence electrons. The third-order valence-corrected chi connectivity index (χ3v) is 5.97. The molecule has 0 saturated carbocycles. The molecule has 0 aromatic heterocycles. The normalized spacial score (nSPS) is 16.6. The van der Waals surface area contributed by atoms with E-state index in [-0.39, 0.29) is 22.9 Å². The van der Waals surface area contributed by atoms with Gasteiger partial charge in [-0.2, -0.15) is 9.57 Å². The molecule has 1 aliphatic rings. The molecule has 1 aromatic rings. The summed E-state index contributed by atoms with van der Waals surface area (Å²) in [5.74, 6) is -0.172. The van der Waals surface area contributed by atoms with Gasteiger partial charge in [-0.05, 0) is 57.0 Å². The number of hydrogen-bond donors (Lipinski definition) is 1. The molecule has 5 nitrogen and oxygen atoms in total. The maximum absolute atomic E-state index is 13.3. The number of hydrogen-bond acceptors (Lipinski definition) is 4. The summed E-state index contributed by atoms with van der Waals surface area (Å²) < 4.78 is 39.9. The fraction of sp³-hybridized carbons (Fsp3) is 0.533. The second-order valence-corrected chi connectivity index (χ2v) is 7.43. The lowest BCUT2D eigenvalue weighted by Crippen LogP contribution is -2.38. The van der Waals surface area contributed by atoms with Gasteiger partial charge in [0.25, 0.3) is 0 Å². The molecule has 23 heavy (non-hydrogen) atoms. The minimum atomic E-state index is -3.66. The van der Waals surface area contributed by atoms with Crippen LogP contribution in [0.3, 0.4) is 0 Å². The van der Waals surface area contributed by atoms with E-state index in [9.17, 15) is 12.8 Å². The van der Waals surface area contributed by atoms with Gasteiger partial charge in [0.1, 0.15) is 11.9 Å². The Hall–Kier alpha value is -1.20. The molecule has 0 spiro atoms. The monoisotopic (exact) mass is 361 g/mol. The van der Waals surface area contributed by atoms with Crippen molar-refractivity contribution < 1.29 is 12.8 Å². The standard InChI is InChI=1S/C15H20FN3O2S.ClH/c1-18-7-4-12-5-8-19(9-6-12)22(20,21)14-2-3-15(16)13(10-14)11-17;/h2-3,10,12,18H,4-9H2,1H3;1H. The molecule has 0 aliphatic carbocycles. The van der Waals surface area contributed by atoms with Crippen LogP contribution in [-0.2, 0) is 10.0 Å². The van der Waals surface area contributed by atoms with Gasteiger partial charge in [-0.25, -0.2) is 12.8 Å². The number of nitrogens with one attached hydrogen (secondary N) is 1. The van der Waals surface area contributed by atoms with E-state index >= 15 is 0 Å². The first-order valence-corrected chi connectivity index (χ1v) is 8.77. The van der Waals surface area contributed by atoms with Crippen LogP contribution < -0.4 is 5.32 Å². The van der Waals surface area contributed by atoms with Gasteiger partial charge < -0.3 is 5.32 Å². The lowest BCUT2D eigenvalue weighted by Gasteiger charge is -2.31. The van der Waals surface area contributed by atoms with E-state index < -0.39 is 15.8 Å². The van der Waals surface area contributed by atoms with Crippen LogP contribution in [0, 0.1) is 23.1 Å². The van der Waals surface area contributed by atoms with E-state index in [2.05, 4.69) is 5.32 Å². The summed E-state index contributed by atoms with van der Waals surface area (Å²) in [4.78, 5) is -0.0147. The minimum absolute atomic E-state index is 0. The first-order valence-electron chi connectivity index (χ1n) is 7.33. The molecule has 1 aliphatic heterocycles. The van der Waals surface area contributed by atoms with Gasteiger partial charge in [-0.1, -0.05) is 0 Å². The maximum atomic E-state index is 13.3. The van der Waals surface area contributed by atoms with Crippen molar-refractivity contribution in [3.8, 4) is 6.07 Å². The van der Waals surface area contributed by atoms with Crippen molar-refractivity contribution in [2.45, 2.75) is 24.2 Å². The largest absolute Gasteiger partial charge is 0.320 e. The second-order valence-electron chi connectivity index (χ2n) is 5.49. The molecule has 2 rings (SSSR count). The van der Waals surface area contributed by atoms with Crippen molar-refractivity contribution in [1.29, 1.82) is 5.26 Å². The number of rotatable bonds is 5. The Morgan fingerprint density at radius 3 is 2.61 bits per heavy atom. The van der Waals surface area contributed by atoms with Gasteiger partial charge in [-0.3, -0.25) is 0 Å². The summed E-state index contributed by atoms with van der Waals surface area (Å²) in [6.45, 7) is 1.87. The van der Waals surface area contributed by atoms with Crippen molar-refractivity contribution in [3.63, 3.8) is 0 Å². The van der Waals surface area contributed by atoms with Crippen LogP contribution in [0.15, 0.2) is 23.1 Å². The summed E-state index contributed by atoms with van der Waals surface area (Å²) in [5, 5.41) is 11.9. The van der Waals surface area contributed by atoms with Crippen LogP contribution in [0.4, 0.5) is 4.39 Å². The van der Waals surface area contributed by atoms with Crippen molar-refractivity contribution in [2.75, 3.05) is 26.7 Å². The fourth-order valence-electron chi connectivity index (χ4n) is 2.69. The molecule has 1 fully saturated rings. The smallest absolute Gasteiger partial charge is 0.243 e. The predicted octanol–water partition coefficient (Wildman–Crippen LogP) is 2.13. The van der Waals surface area contributed by atoms with Gasteiger partial charge in [0.2, 0.25) is 10.0 Å². The summed E-state index contributed by atoms with van der Waals surface area (Å²) in [6.07, 6.45) is 2.69. The zero-order valence-electron chi connectivity index (χ0n) is 13.0. The molecular formula is C15H21ClFN3O2S. The first-order chi connectivity index (χ1) is 10.5. The molecule has 0 unspecified atom stereocenters. The summed E-state index contributed by atoms with van der Waals surface area (Å²) in [6, 6.07) is 5.04. The van der Waals surface area contributed by atoms with Crippen molar-refractivity contribution in [1.82, 2.24) is 9.62 Å². The van der Waals surface area contributed by atoms with E-state index in [4.69, 9.17) is 5.26 Å². The predicted molar refractivity (Wildman–Crippen MR) is 88.4 cm³/mol. The molecule has 8 heteroatoms.